The molecule has 2 N–H and O–H groups in total. The van der Waals surface area contributed by atoms with Crippen LogP contribution in [-0.2, 0) is 4.79 Å². The number of aromatic amines is 1. The Hall–Kier alpha value is -1.89. The first-order chi connectivity index (χ1) is 9.02. The third-order valence-electron chi connectivity index (χ3n) is 2.88. The molecular weight excluding hydrogens is 274 g/mol. The van der Waals surface area contributed by atoms with E-state index in [9.17, 15) is 14.4 Å². The third kappa shape index (κ3) is 2.76. The van der Waals surface area contributed by atoms with Crippen molar-refractivity contribution in [2.75, 3.05) is 7.11 Å². The van der Waals surface area contributed by atoms with Crippen LogP contribution in [0.3, 0.4) is 0 Å². The molecule has 1 aromatic rings. The quantitative estimate of drug-likeness (QED) is 0.777. The van der Waals surface area contributed by atoms with Gasteiger partial charge in [-0.15, -0.1) is 0 Å². The van der Waals surface area contributed by atoms with Crippen LogP contribution in [0.1, 0.15) is 29.8 Å². The van der Waals surface area contributed by atoms with E-state index in [0.29, 0.717) is 12.8 Å². The monoisotopic (exact) mass is 285 g/mol. The van der Waals surface area contributed by atoms with E-state index < -0.39 is 17.5 Å². The minimum atomic E-state index is -0.648. The number of halogens is 1. The highest BCUT2D eigenvalue weighted by molar-refractivity contribution is 6.28. The molecule has 1 saturated carbocycles. The lowest BCUT2D eigenvalue weighted by Gasteiger charge is -2.12. The molecule has 102 valence electrons. The normalized spacial score (nSPS) is 18.4. The molecule has 1 amide bonds. The van der Waals surface area contributed by atoms with Gasteiger partial charge < -0.3 is 10.1 Å². The highest BCUT2D eigenvalue weighted by atomic mass is 35.5. The van der Waals surface area contributed by atoms with Gasteiger partial charge in [-0.05, 0) is 24.4 Å². The molecule has 0 radical (unpaired) electrons. The van der Waals surface area contributed by atoms with Gasteiger partial charge >= 0.3 is 0 Å². The van der Waals surface area contributed by atoms with Crippen molar-refractivity contribution in [3.8, 4) is 5.75 Å². The molecule has 1 aromatic heterocycles. The van der Waals surface area contributed by atoms with E-state index in [-0.39, 0.29) is 22.5 Å². The Kier molecular flexibility index (Phi) is 3.84. The standard InChI is InChI=1S/C11H12ClN3O4/c1-19-8-7(14-11(12)15-10(8)18)9(17)13-5-3-2-4-6(5)16/h5H,2-4H2,1H3,(H,13,17)(H,14,15,18). The number of Topliss-reactive ketones (excluding diaryl/α,β-unsaturated/α-hetero) is 1. The number of methoxy groups -OCH3 is 1. The van der Waals surface area contributed by atoms with Crippen LogP contribution in [-0.4, -0.2) is 34.8 Å². The maximum absolute atomic E-state index is 12.0. The summed E-state index contributed by atoms with van der Waals surface area (Å²) >= 11 is 5.60. The van der Waals surface area contributed by atoms with Crippen LogP contribution < -0.4 is 15.6 Å². The minimum absolute atomic E-state index is 0.0248. The summed E-state index contributed by atoms with van der Waals surface area (Å²) in [5.74, 6) is -0.902. The van der Waals surface area contributed by atoms with Crippen LogP contribution in [0.25, 0.3) is 0 Å². The molecule has 1 unspecified atom stereocenters. The van der Waals surface area contributed by atoms with Crippen molar-refractivity contribution in [2.45, 2.75) is 25.3 Å². The molecule has 19 heavy (non-hydrogen) atoms. The van der Waals surface area contributed by atoms with Crippen LogP contribution >= 0.6 is 11.6 Å². The molecule has 0 saturated heterocycles. The van der Waals surface area contributed by atoms with Crippen molar-refractivity contribution >= 4 is 23.3 Å². The number of aromatic nitrogens is 2. The zero-order valence-corrected chi connectivity index (χ0v) is 10.9. The summed E-state index contributed by atoms with van der Waals surface area (Å²) in [4.78, 5) is 41.0. The molecule has 1 heterocycles. The number of ether oxygens (including phenoxy) is 1. The van der Waals surface area contributed by atoms with E-state index in [4.69, 9.17) is 16.3 Å². The lowest BCUT2D eigenvalue weighted by molar-refractivity contribution is -0.118. The molecule has 1 atom stereocenters. The molecule has 1 aliphatic rings. The van der Waals surface area contributed by atoms with Crippen LogP contribution in [0.15, 0.2) is 4.79 Å². The number of amides is 1. The average molecular weight is 286 g/mol. The maximum atomic E-state index is 12.0. The van der Waals surface area contributed by atoms with Gasteiger partial charge in [0.25, 0.3) is 11.5 Å². The summed E-state index contributed by atoms with van der Waals surface area (Å²) in [5, 5.41) is 2.32. The topological polar surface area (TPSA) is 101 Å². The predicted octanol–water partition coefficient (Wildman–Crippen LogP) is 0.283. The Morgan fingerprint density at radius 3 is 2.84 bits per heavy atom. The average Bonchev–Trinajstić information content (AvgIpc) is 2.74. The first kappa shape index (κ1) is 13.5. The summed E-state index contributed by atoms with van der Waals surface area (Å²) in [7, 11) is 1.25. The zero-order valence-electron chi connectivity index (χ0n) is 10.2. The first-order valence-corrected chi connectivity index (χ1v) is 6.08. The number of nitrogens with one attached hydrogen (secondary N) is 2. The number of carbonyl (C=O) groups excluding carboxylic acids is 2. The van der Waals surface area contributed by atoms with Gasteiger partial charge in [-0.1, -0.05) is 0 Å². The number of H-pyrrole nitrogens is 1. The first-order valence-electron chi connectivity index (χ1n) is 5.70. The Morgan fingerprint density at radius 2 is 2.26 bits per heavy atom. The fraction of sp³-hybridized carbons (Fsp3) is 0.455. The van der Waals surface area contributed by atoms with Crippen molar-refractivity contribution in [1.29, 1.82) is 0 Å². The van der Waals surface area contributed by atoms with Gasteiger partial charge in [-0.25, -0.2) is 4.98 Å². The van der Waals surface area contributed by atoms with Crippen molar-refractivity contribution in [1.82, 2.24) is 15.3 Å². The molecule has 2 rings (SSSR count). The fourth-order valence-electron chi connectivity index (χ4n) is 1.97. The Bertz CT molecular complexity index is 584. The highest BCUT2D eigenvalue weighted by Gasteiger charge is 2.28. The second kappa shape index (κ2) is 5.40. The van der Waals surface area contributed by atoms with Crippen molar-refractivity contribution in [3.63, 3.8) is 0 Å². The van der Waals surface area contributed by atoms with E-state index in [0.717, 1.165) is 6.42 Å². The van der Waals surface area contributed by atoms with Gasteiger partial charge in [0.2, 0.25) is 11.0 Å². The predicted molar refractivity (Wildman–Crippen MR) is 66.5 cm³/mol. The van der Waals surface area contributed by atoms with E-state index in [1.54, 1.807) is 0 Å². The van der Waals surface area contributed by atoms with Gasteiger partial charge in [0, 0.05) is 6.42 Å². The van der Waals surface area contributed by atoms with Crippen molar-refractivity contribution in [3.05, 3.63) is 21.3 Å². The van der Waals surface area contributed by atoms with Crippen LogP contribution in [0, 0.1) is 0 Å². The summed E-state index contributed by atoms with van der Waals surface area (Å²) in [6, 6.07) is -0.530. The molecule has 7 nitrogen and oxygen atoms in total. The Labute approximate surface area is 113 Å². The number of ketones is 1. The van der Waals surface area contributed by atoms with Gasteiger partial charge in [0.15, 0.2) is 11.5 Å². The Morgan fingerprint density at radius 1 is 1.53 bits per heavy atom. The number of hydrogen-bond donors (Lipinski definition) is 2. The van der Waals surface area contributed by atoms with Crippen LogP contribution in [0.4, 0.5) is 0 Å². The zero-order chi connectivity index (χ0) is 14.0. The summed E-state index contributed by atoms with van der Waals surface area (Å²) in [5.41, 5.74) is -0.874. The van der Waals surface area contributed by atoms with E-state index >= 15 is 0 Å². The molecule has 0 bridgehead atoms. The van der Waals surface area contributed by atoms with Gasteiger partial charge in [0.1, 0.15) is 0 Å². The lowest BCUT2D eigenvalue weighted by Crippen LogP contribution is -2.38. The van der Waals surface area contributed by atoms with E-state index in [1.807, 2.05) is 0 Å². The smallest absolute Gasteiger partial charge is 0.295 e. The number of carbonyl (C=O) groups is 2. The maximum Gasteiger partial charge on any atom is 0.295 e. The Balaban J connectivity index is 2.28. The third-order valence-corrected chi connectivity index (χ3v) is 3.06. The SMILES string of the molecule is COc1c(C(=O)NC2CCCC2=O)nc(Cl)[nH]c1=O. The van der Waals surface area contributed by atoms with E-state index in [2.05, 4.69) is 15.3 Å². The molecule has 8 heteroatoms. The second-order valence-electron chi connectivity index (χ2n) is 4.12. The molecule has 0 aromatic carbocycles. The molecule has 0 aliphatic heterocycles. The second-order valence-corrected chi connectivity index (χ2v) is 4.48. The molecule has 0 spiro atoms. The molecular formula is C11H12ClN3O4. The molecule has 1 fully saturated rings. The summed E-state index contributed by atoms with van der Waals surface area (Å²) in [6.45, 7) is 0. The fourth-order valence-corrected chi connectivity index (χ4v) is 2.14. The summed E-state index contributed by atoms with van der Waals surface area (Å²) < 4.78 is 4.83. The number of hydrogen-bond acceptors (Lipinski definition) is 5. The van der Waals surface area contributed by atoms with Crippen LogP contribution in [0.2, 0.25) is 5.28 Å². The molecule has 1 aliphatic carbocycles. The van der Waals surface area contributed by atoms with Crippen molar-refractivity contribution < 1.29 is 14.3 Å². The van der Waals surface area contributed by atoms with Gasteiger partial charge in [-0.2, -0.15) is 0 Å². The minimum Gasteiger partial charge on any atom is -0.489 e. The highest BCUT2D eigenvalue weighted by Crippen LogP contribution is 2.16. The van der Waals surface area contributed by atoms with E-state index in [1.165, 1.54) is 7.11 Å². The van der Waals surface area contributed by atoms with Crippen LogP contribution in [0.5, 0.6) is 5.75 Å². The number of rotatable bonds is 3. The largest absolute Gasteiger partial charge is 0.489 e. The van der Waals surface area contributed by atoms with Gasteiger partial charge in [0.05, 0.1) is 13.2 Å². The lowest BCUT2D eigenvalue weighted by atomic mass is 10.2. The summed E-state index contributed by atoms with van der Waals surface area (Å²) in [6.07, 6.45) is 1.78. The van der Waals surface area contributed by atoms with Gasteiger partial charge in [-0.3, -0.25) is 19.4 Å². The number of nitrogens with zero attached hydrogens (tertiary/aromatic N) is 1. The van der Waals surface area contributed by atoms with Crippen molar-refractivity contribution in [2.24, 2.45) is 0 Å².